The standard InChI is InChI=1S/C15H15N3O2/c1-18-15-5-3-2-4-13(15)14(17-18)10-20-12-7-6-11(9-19)16-8-12/h2-8,19H,9-10H2,1H3. The van der Waals surface area contributed by atoms with Crippen LogP contribution >= 0.6 is 0 Å². The van der Waals surface area contributed by atoms with Crippen molar-refractivity contribution in [2.24, 2.45) is 7.05 Å². The van der Waals surface area contributed by atoms with Crippen LogP contribution < -0.4 is 4.74 Å². The van der Waals surface area contributed by atoms with Gasteiger partial charge in [0.05, 0.1) is 24.0 Å². The molecule has 0 unspecified atom stereocenters. The zero-order valence-corrected chi connectivity index (χ0v) is 11.2. The Bertz CT molecular complexity index is 720. The maximum absolute atomic E-state index is 8.94. The predicted molar refractivity (Wildman–Crippen MR) is 75.2 cm³/mol. The van der Waals surface area contributed by atoms with E-state index in [1.165, 1.54) is 0 Å². The molecule has 2 heterocycles. The summed E-state index contributed by atoms with van der Waals surface area (Å²) in [6, 6.07) is 11.6. The number of pyridine rings is 1. The van der Waals surface area contributed by atoms with E-state index in [1.807, 2.05) is 36.0 Å². The second-order valence-corrected chi connectivity index (χ2v) is 4.52. The van der Waals surface area contributed by atoms with E-state index >= 15 is 0 Å². The zero-order valence-electron chi connectivity index (χ0n) is 11.2. The van der Waals surface area contributed by atoms with Gasteiger partial charge in [-0.1, -0.05) is 18.2 Å². The molecular weight excluding hydrogens is 254 g/mol. The van der Waals surface area contributed by atoms with Gasteiger partial charge in [0.25, 0.3) is 0 Å². The summed E-state index contributed by atoms with van der Waals surface area (Å²) in [5, 5.41) is 14.5. The Morgan fingerprint density at radius 2 is 2.05 bits per heavy atom. The number of benzene rings is 1. The Hall–Kier alpha value is -2.40. The topological polar surface area (TPSA) is 60.2 Å². The van der Waals surface area contributed by atoms with E-state index in [1.54, 1.807) is 18.3 Å². The maximum Gasteiger partial charge on any atom is 0.138 e. The lowest BCUT2D eigenvalue weighted by atomic mass is 10.2. The summed E-state index contributed by atoms with van der Waals surface area (Å²) in [7, 11) is 1.92. The van der Waals surface area contributed by atoms with Crippen LogP contribution in [0.15, 0.2) is 42.6 Å². The first-order valence-corrected chi connectivity index (χ1v) is 6.37. The molecule has 3 rings (SSSR count). The Labute approximate surface area is 116 Å². The lowest BCUT2D eigenvalue weighted by Gasteiger charge is -2.04. The first-order chi connectivity index (χ1) is 9.78. The first kappa shape index (κ1) is 12.6. The fourth-order valence-corrected chi connectivity index (χ4v) is 2.14. The quantitative estimate of drug-likeness (QED) is 0.787. The van der Waals surface area contributed by atoms with Crippen LogP contribution in [0, 0.1) is 0 Å². The maximum atomic E-state index is 8.94. The largest absolute Gasteiger partial charge is 0.486 e. The van der Waals surface area contributed by atoms with Crippen molar-refractivity contribution in [1.29, 1.82) is 0 Å². The molecule has 0 saturated heterocycles. The number of rotatable bonds is 4. The molecule has 0 spiro atoms. The van der Waals surface area contributed by atoms with Gasteiger partial charge in [0, 0.05) is 12.4 Å². The number of aryl methyl sites for hydroxylation is 1. The molecule has 5 heteroatoms. The third-order valence-corrected chi connectivity index (χ3v) is 3.17. The van der Waals surface area contributed by atoms with Gasteiger partial charge in [-0.2, -0.15) is 5.10 Å². The highest BCUT2D eigenvalue weighted by Gasteiger charge is 2.08. The van der Waals surface area contributed by atoms with Crippen LogP contribution in [-0.2, 0) is 20.3 Å². The third-order valence-electron chi connectivity index (χ3n) is 3.17. The van der Waals surface area contributed by atoms with E-state index in [9.17, 15) is 0 Å². The van der Waals surface area contributed by atoms with Crippen molar-refractivity contribution in [3.8, 4) is 5.75 Å². The second-order valence-electron chi connectivity index (χ2n) is 4.52. The number of nitrogens with zero attached hydrogens (tertiary/aromatic N) is 3. The number of fused-ring (bicyclic) bond motifs is 1. The molecule has 0 fully saturated rings. The molecular formula is C15H15N3O2. The SMILES string of the molecule is Cn1nc(COc2ccc(CO)nc2)c2ccccc21. The predicted octanol–water partition coefficient (Wildman–Crippen LogP) is 2.04. The van der Waals surface area contributed by atoms with E-state index < -0.39 is 0 Å². The molecule has 3 aromatic rings. The number of aromatic nitrogens is 3. The third kappa shape index (κ3) is 2.35. The van der Waals surface area contributed by atoms with Crippen molar-refractivity contribution in [2.75, 3.05) is 0 Å². The van der Waals surface area contributed by atoms with Crippen molar-refractivity contribution in [1.82, 2.24) is 14.8 Å². The van der Waals surface area contributed by atoms with Gasteiger partial charge in [-0.15, -0.1) is 0 Å². The number of hydrogen-bond acceptors (Lipinski definition) is 4. The highest BCUT2D eigenvalue weighted by atomic mass is 16.5. The monoisotopic (exact) mass is 269 g/mol. The van der Waals surface area contributed by atoms with Gasteiger partial charge in [0.2, 0.25) is 0 Å². The van der Waals surface area contributed by atoms with E-state index in [4.69, 9.17) is 9.84 Å². The van der Waals surface area contributed by atoms with Crippen molar-refractivity contribution >= 4 is 10.9 Å². The Kier molecular flexibility index (Phi) is 3.35. The first-order valence-electron chi connectivity index (χ1n) is 6.37. The van der Waals surface area contributed by atoms with Crippen LogP contribution in [0.5, 0.6) is 5.75 Å². The van der Waals surface area contributed by atoms with Gasteiger partial charge in [-0.25, -0.2) is 0 Å². The van der Waals surface area contributed by atoms with Gasteiger partial charge in [-0.3, -0.25) is 9.67 Å². The summed E-state index contributed by atoms with van der Waals surface area (Å²) in [6.45, 7) is 0.326. The minimum Gasteiger partial charge on any atom is -0.486 e. The summed E-state index contributed by atoms with van der Waals surface area (Å²) in [6.07, 6.45) is 1.61. The molecule has 5 nitrogen and oxygen atoms in total. The van der Waals surface area contributed by atoms with Crippen LogP contribution in [0.2, 0.25) is 0 Å². The van der Waals surface area contributed by atoms with Gasteiger partial charge < -0.3 is 9.84 Å². The zero-order chi connectivity index (χ0) is 13.9. The van der Waals surface area contributed by atoms with Crippen LogP contribution in [0.1, 0.15) is 11.4 Å². The normalized spacial score (nSPS) is 10.9. The average Bonchev–Trinajstić information content (AvgIpc) is 2.83. The molecule has 0 radical (unpaired) electrons. The molecule has 0 atom stereocenters. The molecule has 20 heavy (non-hydrogen) atoms. The molecule has 0 saturated carbocycles. The van der Waals surface area contributed by atoms with E-state index in [0.717, 1.165) is 16.6 Å². The number of aliphatic hydroxyl groups excluding tert-OH is 1. The molecule has 0 bridgehead atoms. The summed E-state index contributed by atoms with van der Waals surface area (Å²) >= 11 is 0. The molecule has 0 aliphatic heterocycles. The fourth-order valence-electron chi connectivity index (χ4n) is 2.14. The number of ether oxygens (including phenoxy) is 1. The van der Waals surface area contributed by atoms with E-state index in [2.05, 4.69) is 10.1 Å². The summed E-state index contributed by atoms with van der Waals surface area (Å²) in [5.41, 5.74) is 2.61. The van der Waals surface area contributed by atoms with E-state index in [-0.39, 0.29) is 6.61 Å². The van der Waals surface area contributed by atoms with Crippen molar-refractivity contribution < 1.29 is 9.84 Å². The average molecular weight is 269 g/mol. The molecule has 102 valence electrons. The minimum atomic E-state index is -0.0643. The highest BCUT2D eigenvalue weighted by molar-refractivity contribution is 5.81. The van der Waals surface area contributed by atoms with Crippen molar-refractivity contribution in [2.45, 2.75) is 13.2 Å². The fraction of sp³-hybridized carbons (Fsp3) is 0.200. The molecule has 0 amide bonds. The Morgan fingerprint density at radius 1 is 1.20 bits per heavy atom. The van der Waals surface area contributed by atoms with Crippen molar-refractivity contribution in [3.63, 3.8) is 0 Å². The smallest absolute Gasteiger partial charge is 0.138 e. The second kappa shape index (κ2) is 5.30. The van der Waals surface area contributed by atoms with Gasteiger partial charge in [0.1, 0.15) is 18.1 Å². The van der Waals surface area contributed by atoms with Crippen LogP contribution in [0.3, 0.4) is 0 Å². The van der Waals surface area contributed by atoms with Gasteiger partial charge >= 0.3 is 0 Å². The van der Waals surface area contributed by atoms with Crippen LogP contribution in [-0.4, -0.2) is 19.9 Å². The van der Waals surface area contributed by atoms with Crippen LogP contribution in [0.25, 0.3) is 10.9 Å². The Morgan fingerprint density at radius 3 is 2.80 bits per heavy atom. The van der Waals surface area contributed by atoms with Gasteiger partial charge in [0.15, 0.2) is 0 Å². The lowest BCUT2D eigenvalue weighted by Crippen LogP contribution is -1.99. The number of para-hydroxylation sites is 1. The summed E-state index contributed by atoms with van der Waals surface area (Å²) in [5.74, 6) is 0.664. The molecule has 1 N–H and O–H groups in total. The van der Waals surface area contributed by atoms with E-state index in [0.29, 0.717) is 18.1 Å². The molecule has 2 aromatic heterocycles. The summed E-state index contributed by atoms with van der Waals surface area (Å²) < 4.78 is 7.54. The summed E-state index contributed by atoms with van der Waals surface area (Å²) in [4.78, 5) is 4.08. The molecule has 1 aromatic carbocycles. The lowest BCUT2D eigenvalue weighted by molar-refractivity contribution is 0.274. The number of aliphatic hydroxyl groups is 1. The number of hydrogen-bond donors (Lipinski definition) is 1. The molecule has 0 aliphatic rings. The van der Waals surface area contributed by atoms with Crippen LogP contribution in [0.4, 0.5) is 0 Å². The Balaban J connectivity index is 1.79. The molecule has 0 aliphatic carbocycles. The van der Waals surface area contributed by atoms with Gasteiger partial charge in [-0.05, 0) is 18.2 Å². The minimum absolute atomic E-state index is 0.0643. The highest BCUT2D eigenvalue weighted by Crippen LogP contribution is 2.19. The van der Waals surface area contributed by atoms with Crippen molar-refractivity contribution in [3.05, 3.63) is 54.0 Å².